The number of rotatable bonds is 6. The van der Waals surface area contributed by atoms with Gasteiger partial charge in [0.05, 0.1) is 18.6 Å². The number of hydrogen-bond donors (Lipinski definition) is 1. The van der Waals surface area contributed by atoms with E-state index in [-0.39, 0.29) is 29.2 Å². The minimum absolute atomic E-state index is 0.0490. The van der Waals surface area contributed by atoms with Crippen LogP contribution in [0.25, 0.3) is 6.08 Å². The van der Waals surface area contributed by atoms with Gasteiger partial charge < -0.3 is 24.1 Å². The molecule has 4 aliphatic rings. The number of phenols is 1. The molecule has 1 amide bonds. The van der Waals surface area contributed by atoms with Crippen LogP contribution in [0.1, 0.15) is 36.0 Å². The number of benzene rings is 1. The zero-order valence-corrected chi connectivity index (χ0v) is 21.3. The molecule has 7 heteroatoms. The second-order valence-corrected chi connectivity index (χ2v) is 11.1. The van der Waals surface area contributed by atoms with Gasteiger partial charge in [-0.25, -0.2) is 0 Å². The average Bonchev–Trinajstić information content (AvgIpc) is 3.50. The van der Waals surface area contributed by atoms with Crippen molar-refractivity contribution in [3.8, 4) is 11.5 Å². The average molecular weight is 490 g/mol. The molecular formula is C29H35N3O4. The van der Waals surface area contributed by atoms with Crippen molar-refractivity contribution in [3.63, 3.8) is 0 Å². The Morgan fingerprint density at radius 3 is 2.86 bits per heavy atom. The molecule has 2 bridgehead atoms. The Balaban J connectivity index is 1.35. The standard InChI is InChI=1S/C29H35N3O4/c1-18(30(2)3)16-32-13-12-29-21-7-8-22(31(4)25(34)10-5-19-11-14-35-17-19)28(29)36-27-24(33)9-6-20(26(27)29)15-23(21)32/h5-6,9-11,14,17,21-23,28,33H,1,7-8,12-13,15-16H2,2-4H3/t21-,22+,23+,28-,29-/m0/s1. The van der Waals surface area contributed by atoms with Gasteiger partial charge in [-0.1, -0.05) is 12.6 Å². The number of furan rings is 1. The summed E-state index contributed by atoms with van der Waals surface area (Å²) in [5.74, 6) is 1.23. The van der Waals surface area contributed by atoms with Gasteiger partial charge in [-0.3, -0.25) is 9.69 Å². The van der Waals surface area contributed by atoms with Crippen LogP contribution in [-0.2, 0) is 16.6 Å². The summed E-state index contributed by atoms with van der Waals surface area (Å²) in [6.07, 6.45) is 10.3. The Labute approximate surface area is 212 Å². The molecule has 1 aromatic heterocycles. The van der Waals surface area contributed by atoms with Crippen LogP contribution >= 0.6 is 0 Å². The number of amides is 1. The lowest BCUT2D eigenvalue weighted by atomic mass is 9.51. The first kappa shape index (κ1) is 23.2. The number of carbonyl (C=O) groups is 1. The van der Waals surface area contributed by atoms with Crippen molar-refractivity contribution in [2.24, 2.45) is 5.92 Å². The van der Waals surface area contributed by atoms with E-state index in [2.05, 4.69) is 36.5 Å². The van der Waals surface area contributed by atoms with Crippen LogP contribution < -0.4 is 4.74 Å². The van der Waals surface area contributed by atoms with Crippen molar-refractivity contribution in [2.45, 2.75) is 49.3 Å². The van der Waals surface area contributed by atoms with Gasteiger partial charge in [-0.15, -0.1) is 0 Å². The number of hydrogen-bond acceptors (Lipinski definition) is 6. The maximum atomic E-state index is 13.2. The molecular weight excluding hydrogens is 454 g/mol. The zero-order valence-electron chi connectivity index (χ0n) is 21.3. The Morgan fingerprint density at radius 1 is 1.28 bits per heavy atom. The lowest BCUT2D eigenvalue weighted by Gasteiger charge is -2.60. The van der Waals surface area contributed by atoms with Crippen molar-refractivity contribution in [1.29, 1.82) is 0 Å². The largest absolute Gasteiger partial charge is 0.504 e. The van der Waals surface area contributed by atoms with Crippen LogP contribution in [0.2, 0.25) is 0 Å². The fourth-order valence-corrected chi connectivity index (χ4v) is 7.39. The van der Waals surface area contributed by atoms with Crippen molar-refractivity contribution in [3.05, 3.63) is 65.8 Å². The topological polar surface area (TPSA) is 69.4 Å². The van der Waals surface area contributed by atoms with E-state index in [9.17, 15) is 9.90 Å². The van der Waals surface area contributed by atoms with Crippen LogP contribution in [0.4, 0.5) is 0 Å². The fourth-order valence-electron chi connectivity index (χ4n) is 7.39. The van der Waals surface area contributed by atoms with E-state index in [1.165, 1.54) is 11.1 Å². The van der Waals surface area contributed by atoms with Gasteiger partial charge in [0.15, 0.2) is 11.5 Å². The molecule has 2 fully saturated rings. The van der Waals surface area contributed by atoms with Crippen molar-refractivity contribution in [1.82, 2.24) is 14.7 Å². The summed E-state index contributed by atoms with van der Waals surface area (Å²) in [7, 11) is 5.99. The molecule has 1 aromatic carbocycles. The van der Waals surface area contributed by atoms with Crippen molar-refractivity contribution >= 4 is 12.0 Å². The quantitative estimate of drug-likeness (QED) is 0.625. The highest BCUT2D eigenvalue weighted by Crippen LogP contribution is 2.64. The molecule has 0 radical (unpaired) electrons. The summed E-state index contributed by atoms with van der Waals surface area (Å²) in [5.41, 5.74) is 4.28. The summed E-state index contributed by atoms with van der Waals surface area (Å²) in [5, 5.41) is 10.8. The monoisotopic (exact) mass is 489 g/mol. The maximum Gasteiger partial charge on any atom is 0.246 e. The molecule has 7 nitrogen and oxygen atoms in total. The third-order valence-corrected chi connectivity index (χ3v) is 9.23. The molecule has 190 valence electrons. The first-order valence-corrected chi connectivity index (χ1v) is 12.9. The molecule has 36 heavy (non-hydrogen) atoms. The predicted molar refractivity (Wildman–Crippen MR) is 138 cm³/mol. The van der Waals surface area contributed by atoms with Gasteiger partial charge in [-0.05, 0) is 61.9 Å². The number of carbonyl (C=O) groups excluding carboxylic acids is 1. The van der Waals surface area contributed by atoms with Gasteiger partial charge in [0.1, 0.15) is 6.10 Å². The van der Waals surface area contributed by atoms with Gasteiger partial charge in [0.2, 0.25) is 5.91 Å². The number of likely N-dealkylation sites (tertiary alicyclic amines) is 1. The van der Waals surface area contributed by atoms with Gasteiger partial charge in [0.25, 0.3) is 0 Å². The number of aromatic hydroxyl groups is 1. The SMILES string of the molecule is C=C(CN1CC[C@]23c4c5ccc(O)c4O[C@H]2[C@H](N(C)C(=O)C=Cc2ccoc2)CC[C@H]3[C@H]1C5)N(C)C. The van der Waals surface area contributed by atoms with E-state index in [1.807, 2.05) is 18.0 Å². The first-order valence-electron chi connectivity index (χ1n) is 12.9. The molecule has 1 saturated heterocycles. The molecule has 2 aliphatic carbocycles. The molecule has 0 unspecified atom stereocenters. The van der Waals surface area contributed by atoms with E-state index in [1.54, 1.807) is 30.7 Å². The minimum Gasteiger partial charge on any atom is -0.504 e. The molecule has 1 saturated carbocycles. The number of phenolic OH excluding ortho intramolecular Hbond substituents is 1. The summed E-state index contributed by atoms with van der Waals surface area (Å²) < 4.78 is 11.8. The van der Waals surface area contributed by atoms with Gasteiger partial charge in [0, 0.05) is 62.0 Å². The lowest BCUT2D eigenvalue weighted by molar-refractivity contribution is -0.135. The second kappa shape index (κ2) is 8.44. The fraction of sp³-hybridized carbons (Fsp3) is 0.483. The smallest absolute Gasteiger partial charge is 0.246 e. The molecule has 1 N–H and O–H groups in total. The summed E-state index contributed by atoms with van der Waals surface area (Å²) in [6, 6.07) is 6.02. The minimum atomic E-state index is -0.187. The number of nitrogens with zero attached hydrogens (tertiary/aromatic N) is 3. The maximum absolute atomic E-state index is 13.2. The molecule has 3 heterocycles. The molecule has 6 rings (SSSR count). The highest BCUT2D eigenvalue weighted by atomic mass is 16.5. The van der Waals surface area contributed by atoms with Crippen LogP contribution in [0.3, 0.4) is 0 Å². The summed E-state index contributed by atoms with van der Waals surface area (Å²) in [6.45, 7) is 6.11. The Bertz CT molecular complexity index is 1220. The predicted octanol–water partition coefficient (Wildman–Crippen LogP) is 3.64. The molecule has 2 aromatic rings. The van der Waals surface area contributed by atoms with Crippen molar-refractivity contribution in [2.75, 3.05) is 34.2 Å². The lowest BCUT2D eigenvalue weighted by Crippen LogP contribution is -2.69. The summed E-state index contributed by atoms with van der Waals surface area (Å²) >= 11 is 0. The van der Waals surface area contributed by atoms with Gasteiger partial charge >= 0.3 is 0 Å². The highest BCUT2D eigenvalue weighted by Gasteiger charge is 2.66. The van der Waals surface area contributed by atoms with E-state index in [0.717, 1.165) is 50.0 Å². The van der Waals surface area contributed by atoms with E-state index in [4.69, 9.17) is 9.15 Å². The zero-order chi connectivity index (χ0) is 25.2. The third-order valence-electron chi connectivity index (χ3n) is 9.23. The van der Waals surface area contributed by atoms with Gasteiger partial charge in [-0.2, -0.15) is 0 Å². The third kappa shape index (κ3) is 3.32. The Morgan fingerprint density at radius 2 is 2.11 bits per heavy atom. The molecule has 1 spiro atoms. The first-order chi connectivity index (χ1) is 17.3. The number of likely N-dealkylation sites (N-methyl/N-ethyl adjacent to an activating group) is 2. The van der Waals surface area contributed by atoms with Crippen LogP contribution in [0.5, 0.6) is 11.5 Å². The van der Waals surface area contributed by atoms with Crippen LogP contribution in [0, 0.1) is 5.92 Å². The van der Waals surface area contributed by atoms with Crippen LogP contribution in [0.15, 0.2) is 53.5 Å². The Kier molecular flexibility index (Phi) is 5.45. The van der Waals surface area contributed by atoms with E-state index >= 15 is 0 Å². The second-order valence-electron chi connectivity index (χ2n) is 11.1. The van der Waals surface area contributed by atoms with Crippen molar-refractivity contribution < 1.29 is 19.1 Å². The van der Waals surface area contributed by atoms with E-state index in [0.29, 0.717) is 17.7 Å². The Hall–Kier alpha value is -3.19. The normalized spacial score (nSPS) is 30.1. The van der Waals surface area contributed by atoms with E-state index < -0.39 is 0 Å². The highest BCUT2D eigenvalue weighted by molar-refractivity contribution is 5.91. The number of ether oxygens (including phenoxy) is 1. The molecule has 5 atom stereocenters. The van der Waals surface area contributed by atoms with Crippen LogP contribution in [-0.4, -0.2) is 78.1 Å². The summed E-state index contributed by atoms with van der Waals surface area (Å²) in [4.78, 5) is 19.8. The number of piperidine rings is 1. The molecule has 2 aliphatic heterocycles.